The van der Waals surface area contributed by atoms with Gasteiger partial charge in [-0.2, -0.15) is 0 Å². The second-order valence-corrected chi connectivity index (χ2v) is 6.06. The number of nitro benzene ring substituents is 1. The molecule has 0 fully saturated rings. The summed E-state index contributed by atoms with van der Waals surface area (Å²) in [6.07, 6.45) is -1.03. The molecule has 0 radical (unpaired) electrons. The van der Waals surface area contributed by atoms with E-state index in [4.69, 9.17) is 16.3 Å². The summed E-state index contributed by atoms with van der Waals surface area (Å²) >= 11 is 5.90. The van der Waals surface area contributed by atoms with Gasteiger partial charge in [-0.1, -0.05) is 41.9 Å². The van der Waals surface area contributed by atoms with Crippen molar-refractivity contribution in [3.63, 3.8) is 0 Å². The lowest BCUT2D eigenvalue weighted by atomic mass is 10.2. The predicted molar refractivity (Wildman–Crippen MR) is 95.9 cm³/mol. The Kier molecular flexibility index (Phi) is 6.30. The van der Waals surface area contributed by atoms with Crippen LogP contribution in [-0.4, -0.2) is 34.9 Å². The summed E-state index contributed by atoms with van der Waals surface area (Å²) in [7, 11) is 1.61. The van der Waals surface area contributed by atoms with Crippen LogP contribution in [0.3, 0.4) is 0 Å². The minimum atomic E-state index is -1.03. The van der Waals surface area contributed by atoms with Crippen LogP contribution in [0.15, 0.2) is 48.5 Å². The van der Waals surface area contributed by atoms with Crippen molar-refractivity contribution in [3.8, 4) is 0 Å². The Morgan fingerprint density at radius 3 is 2.46 bits per heavy atom. The highest BCUT2D eigenvalue weighted by Gasteiger charge is 2.24. The molecule has 136 valence electrons. The lowest BCUT2D eigenvalue weighted by molar-refractivity contribution is -0.384. The fourth-order valence-electron chi connectivity index (χ4n) is 2.30. The average molecular weight is 377 g/mol. The van der Waals surface area contributed by atoms with Crippen LogP contribution >= 0.6 is 11.6 Å². The van der Waals surface area contributed by atoms with Gasteiger partial charge in [0, 0.05) is 25.7 Å². The number of halogens is 1. The summed E-state index contributed by atoms with van der Waals surface area (Å²) in [5, 5.41) is 10.6. The van der Waals surface area contributed by atoms with E-state index in [0.717, 1.165) is 17.7 Å². The van der Waals surface area contributed by atoms with Gasteiger partial charge in [-0.3, -0.25) is 14.9 Å². The molecule has 0 aromatic heterocycles. The first-order chi connectivity index (χ1) is 12.3. The van der Waals surface area contributed by atoms with Crippen LogP contribution in [-0.2, 0) is 16.1 Å². The zero-order valence-corrected chi connectivity index (χ0v) is 15.0. The summed E-state index contributed by atoms with van der Waals surface area (Å²) in [6, 6.07) is 12.8. The predicted octanol–water partition coefficient (Wildman–Crippen LogP) is 3.45. The van der Waals surface area contributed by atoms with Gasteiger partial charge in [0.25, 0.3) is 11.6 Å². The number of ether oxygens (including phenoxy) is 1. The van der Waals surface area contributed by atoms with Gasteiger partial charge in [0.15, 0.2) is 6.10 Å². The maximum atomic E-state index is 12.4. The smallest absolute Gasteiger partial charge is 0.340 e. The Morgan fingerprint density at radius 2 is 1.88 bits per heavy atom. The second-order valence-electron chi connectivity index (χ2n) is 5.65. The van der Waals surface area contributed by atoms with Gasteiger partial charge in [-0.15, -0.1) is 0 Å². The lowest BCUT2D eigenvalue weighted by Crippen LogP contribution is -2.37. The summed E-state index contributed by atoms with van der Waals surface area (Å²) in [5.74, 6) is -1.20. The SMILES string of the molecule is C[C@@H](OC(=O)c1ccc([N+](=O)[O-])cc1Cl)C(=O)N(C)Cc1ccccc1. The van der Waals surface area contributed by atoms with Gasteiger partial charge in [0.1, 0.15) is 0 Å². The molecule has 0 bridgehead atoms. The highest BCUT2D eigenvalue weighted by atomic mass is 35.5. The summed E-state index contributed by atoms with van der Waals surface area (Å²) in [6.45, 7) is 1.83. The molecule has 0 unspecified atom stereocenters. The standard InChI is InChI=1S/C18H17ClN2O5/c1-12(17(22)20(2)11-13-6-4-3-5-7-13)26-18(23)15-9-8-14(21(24)25)10-16(15)19/h3-10,12H,11H2,1-2H3/t12-/m1/s1. The molecule has 2 aromatic carbocycles. The molecule has 0 N–H and O–H groups in total. The second kappa shape index (κ2) is 8.44. The third kappa shape index (κ3) is 4.80. The molecule has 7 nitrogen and oxygen atoms in total. The van der Waals surface area contributed by atoms with E-state index in [1.54, 1.807) is 7.05 Å². The molecule has 0 heterocycles. The average Bonchev–Trinajstić information content (AvgIpc) is 2.61. The van der Waals surface area contributed by atoms with Crippen LogP contribution in [0.1, 0.15) is 22.8 Å². The van der Waals surface area contributed by atoms with E-state index in [0.29, 0.717) is 6.54 Å². The van der Waals surface area contributed by atoms with E-state index in [1.165, 1.54) is 17.9 Å². The Morgan fingerprint density at radius 1 is 1.23 bits per heavy atom. The van der Waals surface area contributed by atoms with Gasteiger partial charge >= 0.3 is 5.97 Å². The van der Waals surface area contributed by atoms with Crippen molar-refractivity contribution < 1.29 is 19.2 Å². The van der Waals surface area contributed by atoms with Crippen molar-refractivity contribution in [3.05, 3.63) is 74.8 Å². The number of carbonyl (C=O) groups excluding carboxylic acids is 2. The number of rotatable bonds is 6. The first-order valence-corrected chi connectivity index (χ1v) is 8.11. The Bertz CT molecular complexity index is 826. The number of non-ortho nitro benzene ring substituents is 1. The zero-order valence-electron chi connectivity index (χ0n) is 14.2. The van der Waals surface area contributed by atoms with Crippen LogP contribution in [0.2, 0.25) is 5.02 Å². The summed E-state index contributed by atoms with van der Waals surface area (Å²) in [4.78, 5) is 36.1. The number of hydrogen-bond donors (Lipinski definition) is 0. The van der Waals surface area contributed by atoms with E-state index in [-0.39, 0.29) is 22.2 Å². The summed E-state index contributed by atoms with van der Waals surface area (Å²) in [5.41, 5.74) is 0.668. The fourth-order valence-corrected chi connectivity index (χ4v) is 2.56. The van der Waals surface area contributed by atoms with E-state index in [9.17, 15) is 19.7 Å². The quantitative estimate of drug-likeness (QED) is 0.437. The largest absolute Gasteiger partial charge is 0.449 e. The van der Waals surface area contributed by atoms with Crippen molar-refractivity contribution in [2.24, 2.45) is 0 Å². The third-order valence-electron chi connectivity index (χ3n) is 3.65. The maximum Gasteiger partial charge on any atom is 0.340 e. The minimum Gasteiger partial charge on any atom is -0.449 e. The van der Waals surface area contributed by atoms with E-state index < -0.39 is 17.0 Å². The first-order valence-electron chi connectivity index (χ1n) is 7.73. The van der Waals surface area contributed by atoms with E-state index in [1.807, 2.05) is 30.3 Å². The number of amides is 1. The van der Waals surface area contributed by atoms with Gasteiger partial charge in [-0.05, 0) is 18.6 Å². The van der Waals surface area contributed by atoms with Crippen molar-refractivity contribution in [1.29, 1.82) is 0 Å². The van der Waals surface area contributed by atoms with E-state index >= 15 is 0 Å². The van der Waals surface area contributed by atoms with Crippen molar-refractivity contribution in [2.75, 3.05) is 7.05 Å². The highest BCUT2D eigenvalue weighted by molar-refractivity contribution is 6.33. The monoisotopic (exact) mass is 376 g/mol. The number of carbonyl (C=O) groups is 2. The van der Waals surface area contributed by atoms with Crippen LogP contribution in [0, 0.1) is 10.1 Å². The number of benzene rings is 2. The minimum absolute atomic E-state index is 0.0392. The van der Waals surface area contributed by atoms with Crippen molar-refractivity contribution in [2.45, 2.75) is 19.6 Å². The molecule has 2 rings (SSSR count). The molecule has 1 atom stereocenters. The molecule has 2 aromatic rings. The molecule has 0 aliphatic carbocycles. The zero-order chi connectivity index (χ0) is 19.3. The number of nitrogens with zero attached hydrogens (tertiary/aromatic N) is 2. The van der Waals surface area contributed by atoms with Gasteiger partial charge < -0.3 is 9.64 Å². The summed E-state index contributed by atoms with van der Waals surface area (Å²) < 4.78 is 5.15. The Balaban J connectivity index is 2.01. The first kappa shape index (κ1) is 19.4. The van der Waals surface area contributed by atoms with Gasteiger partial charge in [-0.25, -0.2) is 4.79 Å². The Hall–Kier alpha value is -2.93. The fraction of sp³-hybridized carbons (Fsp3) is 0.222. The number of likely N-dealkylation sites (N-methyl/N-ethyl adjacent to an activating group) is 1. The molecule has 0 spiro atoms. The molecule has 8 heteroatoms. The third-order valence-corrected chi connectivity index (χ3v) is 3.97. The molecular formula is C18H17ClN2O5. The molecular weight excluding hydrogens is 360 g/mol. The van der Waals surface area contributed by atoms with Crippen LogP contribution < -0.4 is 0 Å². The maximum absolute atomic E-state index is 12.4. The molecule has 0 saturated carbocycles. The van der Waals surface area contributed by atoms with Gasteiger partial charge in [0.2, 0.25) is 0 Å². The van der Waals surface area contributed by atoms with Crippen LogP contribution in [0.4, 0.5) is 5.69 Å². The van der Waals surface area contributed by atoms with Crippen molar-refractivity contribution in [1.82, 2.24) is 4.90 Å². The molecule has 0 aliphatic rings. The topological polar surface area (TPSA) is 89.7 Å². The Labute approximate surface area is 155 Å². The normalized spacial score (nSPS) is 11.5. The van der Waals surface area contributed by atoms with Crippen LogP contribution in [0.5, 0.6) is 0 Å². The number of hydrogen-bond acceptors (Lipinski definition) is 5. The molecule has 1 amide bonds. The lowest BCUT2D eigenvalue weighted by Gasteiger charge is -2.21. The van der Waals surface area contributed by atoms with Crippen LogP contribution in [0.25, 0.3) is 0 Å². The molecule has 0 saturated heterocycles. The highest BCUT2D eigenvalue weighted by Crippen LogP contribution is 2.23. The van der Waals surface area contributed by atoms with E-state index in [2.05, 4.69) is 0 Å². The number of esters is 1. The molecule has 26 heavy (non-hydrogen) atoms. The van der Waals surface area contributed by atoms with Gasteiger partial charge in [0.05, 0.1) is 15.5 Å². The molecule has 0 aliphatic heterocycles. The number of nitro groups is 1. The van der Waals surface area contributed by atoms with Crippen molar-refractivity contribution >= 4 is 29.2 Å².